The minimum Gasteiger partial charge on any atom is -0.481 e. The van der Waals surface area contributed by atoms with E-state index in [-0.39, 0.29) is 5.91 Å². The Morgan fingerprint density at radius 3 is 2.50 bits per heavy atom. The molecule has 3 aromatic rings. The molecule has 1 aromatic carbocycles. The number of hydrogen-bond acceptors (Lipinski definition) is 5. The van der Waals surface area contributed by atoms with Crippen LogP contribution in [0.1, 0.15) is 12.5 Å². The van der Waals surface area contributed by atoms with Gasteiger partial charge in [-0.15, -0.1) is 0 Å². The van der Waals surface area contributed by atoms with E-state index in [4.69, 9.17) is 9.72 Å². The molecule has 0 atom stereocenters. The van der Waals surface area contributed by atoms with Crippen LogP contribution in [0.15, 0.2) is 42.6 Å². The molecule has 1 fully saturated rings. The molecule has 6 nitrogen and oxygen atoms in total. The molecule has 0 radical (unpaired) electrons. The van der Waals surface area contributed by atoms with Gasteiger partial charge in [-0.25, -0.2) is 9.97 Å². The lowest BCUT2D eigenvalue weighted by atomic mass is 10.0. The summed E-state index contributed by atoms with van der Waals surface area (Å²) in [6, 6.07) is 12.3. The highest BCUT2D eigenvalue weighted by molar-refractivity contribution is 5.88. The van der Waals surface area contributed by atoms with Crippen molar-refractivity contribution < 1.29 is 9.53 Å². The van der Waals surface area contributed by atoms with E-state index in [0.29, 0.717) is 5.88 Å². The lowest BCUT2D eigenvalue weighted by Crippen LogP contribution is -2.48. The largest absolute Gasteiger partial charge is 0.481 e. The highest BCUT2D eigenvalue weighted by atomic mass is 16.5. The molecule has 0 unspecified atom stereocenters. The van der Waals surface area contributed by atoms with E-state index in [9.17, 15) is 4.79 Å². The first-order valence-corrected chi connectivity index (χ1v) is 9.47. The van der Waals surface area contributed by atoms with Crippen LogP contribution >= 0.6 is 0 Å². The molecule has 6 heteroatoms. The maximum atomic E-state index is 11.5. The number of fused-ring (bicyclic) bond motifs is 1. The van der Waals surface area contributed by atoms with Gasteiger partial charge in [0.2, 0.25) is 11.8 Å². The molecule has 3 heterocycles. The number of aromatic nitrogens is 2. The summed E-state index contributed by atoms with van der Waals surface area (Å²) < 4.78 is 5.13. The molecule has 0 bridgehead atoms. The second kappa shape index (κ2) is 7.46. The van der Waals surface area contributed by atoms with Gasteiger partial charge >= 0.3 is 0 Å². The summed E-state index contributed by atoms with van der Waals surface area (Å²) in [5, 5.41) is 1.15. The molecule has 4 rings (SSSR count). The number of hydrogen-bond donors (Lipinski definition) is 0. The van der Waals surface area contributed by atoms with Crippen molar-refractivity contribution in [1.29, 1.82) is 0 Å². The molecule has 1 amide bonds. The monoisotopic (exact) mass is 376 g/mol. The number of anilines is 1. The fourth-order valence-electron chi connectivity index (χ4n) is 3.66. The lowest BCUT2D eigenvalue weighted by molar-refractivity contribution is -0.129. The van der Waals surface area contributed by atoms with Crippen LogP contribution in [0, 0.1) is 6.92 Å². The van der Waals surface area contributed by atoms with E-state index in [1.54, 1.807) is 20.2 Å². The summed E-state index contributed by atoms with van der Waals surface area (Å²) in [5.74, 6) is 0.745. The molecule has 0 saturated carbocycles. The number of pyridine rings is 2. The highest BCUT2D eigenvalue weighted by Crippen LogP contribution is 2.28. The minimum atomic E-state index is 0.152. The number of ether oxygens (including phenoxy) is 1. The smallest absolute Gasteiger partial charge is 0.219 e. The van der Waals surface area contributed by atoms with E-state index in [1.807, 2.05) is 17.0 Å². The SMILES string of the molecule is COc1ccc(-c2cc(C)c3cc(N4CCN(C(C)=O)CC4)ccc3n2)cn1. The van der Waals surface area contributed by atoms with Gasteiger partial charge in [-0.3, -0.25) is 4.79 Å². The molecule has 0 N–H and O–H groups in total. The first-order valence-electron chi connectivity index (χ1n) is 9.47. The van der Waals surface area contributed by atoms with Gasteiger partial charge in [0.1, 0.15) is 0 Å². The van der Waals surface area contributed by atoms with E-state index >= 15 is 0 Å². The molecule has 144 valence electrons. The fourth-order valence-corrected chi connectivity index (χ4v) is 3.66. The second-order valence-electron chi connectivity index (χ2n) is 7.11. The van der Waals surface area contributed by atoms with Gasteiger partial charge in [-0.1, -0.05) is 0 Å². The summed E-state index contributed by atoms with van der Waals surface area (Å²) in [6.45, 7) is 7.00. The second-order valence-corrected chi connectivity index (χ2v) is 7.11. The van der Waals surface area contributed by atoms with Crippen LogP contribution in [0.2, 0.25) is 0 Å². The normalized spacial score (nSPS) is 14.4. The molecule has 1 saturated heterocycles. The maximum Gasteiger partial charge on any atom is 0.219 e. The lowest BCUT2D eigenvalue weighted by Gasteiger charge is -2.35. The Kier molecular flexibility index (Phi) is 4.86. The third-order valence-electron chi connectivity index (χ3n) is 5.33. The van der Waals surface area contributed by atoms with Crippen LogP contribution in [-0.2, 0) is 4.79 Å². The Hall–Kier alpha value is -3.15. The van der Waals surface area contributed by atoms with E-state index < -0.39 is 0 Å². The van der Waals surface area contributed by atoms with Gasteiger partial charge in [0.15, 0.2) is 0 Å². The summed E-state index contributed by atoms with van der Waals surface area (Å²) in [4.78, 5) is 24.9. The topological polar surface area (TPSA) is 58.6 Å². The van der Waals surface area contributed by atoms with Crippen molar-refractivity contribution in [3.05, 3.63) is 48.2 Å². The first kappa shape index (κ1) is 18.2. The van der Waals surface area contributed by atoms with Gasteiger partial charge in [-0.05, 0) is 42.8 Å². The fraction of sp³-hybridized carbons (Fsp3) is 0.318. The van der Waals surface area contributed by atoms with Crippen LogP contribution < -0.4 is 9.64 Å². The molecule has 0 spiro atoms. The quantitative estimate of drug-likeness (QED) is 0.702. The Labute approximate surface area is 164 Å². The van der Waals surface area contributed by atoms with Gasteiger partial charge < -0.3 is 14.5 Å². The van der Waals surface area contributed by atoms with Gasteiger partial charge in [0, 0.05) is 62.0 Å². The van der Waals surface area contributed by atoms with Gasteiger partial charge in [0.25, 0.3) is 0 Å². The number of piperazine rings is 1. The number of methoxy groups -OCH3 is 1. The third kappa shape index (κ3) is 3.50. The van der Waals surface area contributed by atoms with Crippen LogP contribution in [0.4, 0.5) is 5.69 Å². The predicted octanol–water partition coefficient (Wildman–Crippen LogP) is 3.28. The van der Waals surface area contributed by atoms with Crippen LogP contribution in [-0.4, -0.2) is 54.1 Å². The van der Waals surface area contributed by atoms with Crippen molar-refractivity contribution in [3.63, 3.8) is 0 Å². The van der Waals surface area contributed by atoms with E-state index in [1.165, 1.54) is 11.3 Å². The zero-order valence-corrected chi connectivity index (χ0v) is 16.5. The Balaban J connectivity index is 1.62. The Bertz CT molecular complexity index is 1010. The number of carbonyl (C=O) groups is 1. The van der Waals surface area contributed by atoms with E-state index in [0.717, 1.165) is 48.3 Å². The van der Waals surface area contributed by atoms with Crippen molar-refractivity contribution in [2.75, 3.05) is 38.2 Å². The summed E-state index contributed by atoms with van der Waals surface area (Å²) >= 11 is 0. The molecular formula is C22H24N4O2. The maximum absolute atomic E-state index is 11.5. The van der Waals surface area contributed by atoms with Gasteiger partial charge in [0.05, 0.1) is 18.3 Å². The summed E-state index contributed by atoms with van der Waals surface area (Å²) in [5.41, 5.74) is 5.20. The highest BCUT2D eigenvalue weighted by Gasteiger charge is 2.19. The number of nitrogens with zero attached hydrogens (tertiary/aromatic N) is 4. The average molecular weight is 376 g/mol. The number of aryl methyl sites for hydroxylation is 1. The minimum absolute atomic E-state index is 0.152. The first-order chi connectivity index (χ1) is 13.5. The van der Waals surface area contributed by atoms with Gasteiger partial charge in [-0.2, -0.15) is 0 Å². The molecule has 28 heavy (non-hydrogen) atoms. The average Bonchev–Trinajstić information content (AvgIpc) is 2.73. The molecule has 2 aromatic heterocycles. The Morgan fingerprint density at radius 2 is 1.86 bits per heavy atom. The van der Waals surface area contributed by atoms with Crippen molar-refractivity contribution in [2.24, 2.45) is 0 Å². The summed E-state index contributed by atoms with van der Waals surface area (Å²) in [7, 11) is 1.61. The number of rotatable bonds is 3. The number of amides is 1. The number of benzene rings is 1. The van der Waals surface area contributed by atoms with E-state index in [2.05, 4.69) is 41.1 Å². The van der Waals surface area contributed by atoms with Crippen molar-refractivity contribution in [2.45, 2.75) is 13.8 Å². The van der Waals surface area contributed by atoms with Crippen molar-refractivity contribution in [3.8, 4) is 17.1 Å². The van der Waals surface area contributed by atoms with Crippen molar-refractivity contribution >= 4 is 22.5 Å². The van der Waals surface area contributed by atoms with Crippen LogP contribution in [0.5, 0.6) is 5.88 Å². The molecule has 1 aliphatic rings. The predicted molar refractivity (Wildman–Crippen MR) is 111 cm³/mol. The van der Waals surface area contributed by atoms with Crippen molar-refractivity contribution in [1.82, 2.24) is 14.9 Å². The van der Waals surface area contributed by atoms with Crippen LogP contribution in [0.25, 0.3) is 22.2 Å². The third-order valence-corrected chi connectivity index (χ3v) is 5.33. The summed E-state index contributed by atoms with van der Waals surface area (Å²) in [6.07, 6.45) is 1.79. The number of carbonyl (C=O) groups excluding carboxylic acids is 1. The standard InChI is InChI=1S/C22H24N4O2/c1-15-12-21(17-4-7-22(28-3)23-14-17)24-20-6-5-18(13-19(15)20)26-10-8-25(9-11-26)16(2)27/h4-7,12-14H,8-11H2,1-3H3. The molecule has 1 aliphatic heterocycles. The molecular weight excluding hydrogens is 352 g/mol. The Morgan fingerprint density at radius 1 is 1.07 bits per heavy atom. The van der Waals surface area contributed by atoms with Crippen LogP contribution in [0.3, 0.4) is 0 Å². The molecule has 0 aliphatic carbocycles. The zero-order chi connectivity index (χ0) is 19.7. The zero-order valence-electron chi connectivity index (χ0n) is 16.5.